The molecule has 1 aromatic carbocycles. The Morgan fingerprint density at radius 1 is 1.38 bits per heavy atom. The minimum Gasteiger partial charge on any atom is -0.393 e. The number of aryl methyl sites for hydroxylation is 1. The molecular weight excluding hydrogens is 266 g/mol. The van der Waals surface area contributed by atoms with Crippen molar-refractivity contribution in [2.45, 2.75) is 19.4 Å². The van der Waals surface area contributed by atoms with Gasteiger partial charge in [0.25, 0.3) is 5.91 Å². The minimum atomic E-state index is -0.414. The van der Waals surface area contributed by atoms with Crippen LogP contribution in [0, 0.1) is 0 Å². The molecule has 1 aromatic heterocycles. The third-order valence-electron chi connectivity index (χ3n) is 3.34. The molecule has 5 heteroatoms. The molecule has 0 saturated heterocycles. The van der Waals surface area contributed by atoms with Crippen LogP contribution in [0.25, 0.3) is 11.3 Å². The lowest BCUT2D eigenvalue weighted by molar-refractivity contribution is 0.0769. The largest absolute Gasteiger partial charge is 0.393 e. The second-order valence-corrected chi connectivity index (χ2v) is 5.30. The quantitative estimate of drug-likeness (QED) is 0.914. The average Bonchev–Trinajstić information content (AvgIpc) is 2.86. The van der Waals surface area contributed by atoms with Crippen molar-refractivity contribution in [2.75, 3.05) is 13.6 Å². The maximum absolute atomic E-state index is 12.6. The number of nitrogens with zero attached hydrogens (tertiary/aromatic N) is 3. The fourth-order valence-electron chi connectivity index (χ4n) is 2.14. The van der Waals surface area contributed by atoms with Crippen molar-refractivity contribution in [3.63, 3.8) is 0 Å². The molecule has 0 aliphatic rings. The summed E-state index contributed by atoms with van der Waals surface area (Å²) in [6.07, 6.45) is 1.88. The SMILES string of the molecule is CC(O)CCN(C)C(=O)c1cn(C)nc1-c1ccccc1. The van der Waals surface area contributed by atoms with Gasteiger partial charge >= 0.3 is 0 Å². The van der Waals surface area contributed by atoms with Crippen LogP contribution in [0.4, 0.5) is 0 Å². The Hall–Kier alpha value is -2.14. The van der Waals surface area contributed by atoms with Crippen molar-refractivity contribution >= 4 is 5.91 Å². The number of carbonyl (C=O) groups is 1. The molecule has 1 N–H and O–H groups in total. The van der Waals surface area contributed by atoms with Crippen LogP contribution in [0.15, 0.2) is 36.5 Å². The van der Waals surface area contributed by atoms with Crippen molar-refractivity contribution in [3.8, 4) is 11.3 Å². The highest BCUT2D eigenvalue weighted by atomic mass is 16.3. The van der Waals surface area contributed by atoms with Gasteiger partial charge < -0.3 is 10.0 Å². The second kappa shape index (κ2) is 6.54. The van der Waals surface area contributed by atoms with E-state index in [0.29, 0.717) is 24.2 Å². The molecule has 0 bridgehead atoms. The van der Waals surface area contributed by atoms with Gasteiger partial charge in [0.2, 0.25) is 0 Å². The maximum Gasteiger partial charge on any atom is 0.257 e. The number of hydrogen-bond donors (Lipinski definition) is 1. The van der Waals surface area contributed by atoms with E-state index in [0.717, 1.165) is 5.56 Å². The first-order valence-corrected chi connectivity index (χ1v) is 7.01. The van der Waals surface area contributed by atoms with E-state index in [4.69, 9.17) is 0 Å². The van der Waals surface area contributed by atoms with E-state index in [1.165, 1.54) is 0 Å². The number of hydrogen-bond acceptors (Lipinski definition) is 3. The van der Waals surface area contributed by atoms with Crippen LogP contribution in [0.5, 0.6) is 0 Å². The average molecular weight is 287 g/mol. The van der Waals surface area contributed by atoms with E-state index in [1.54, 1.807) is 36.8 Å². The number of amides is 1. The highest BCUT2D eigenvalue weighted by molar-refractivity contribution is 5.99. The molecule has 0 spiro atoms. The summed E-state index contributed by atoms with van der Waals surface area (Å²) in [5.74, 6) is -0.0809. The number of aliphatic hydroxyl groups is 1. The molecule has 112 valence electrons. The van der Waals surface area contributed by atoms with Gasteiger partial charge in [-0.15, -0.1) is 0 Å². The number of rotatable bonds is 5. The standard InChI is InChI=1S/C16H21N3O2/c1-12(20)9-10-18(2)16(21)14-11-19(3)17-15(14)13-7-5-4-6-8-13/h4-8,11-12,20H,9-10H2,1-3H3. The Bertz CT molecular complexity index is 605. The molecule has 0 saturated carbocycles. The molecule has 2 aromatic rings. The van der Waals surface area contributed by atoms with Gasteiger partial charge in [-0.2, -0.15) is 5.10 Å². The number of benzene rings is 1. The van der Waals surface area contributed by atoms with Crippen molar-refractivity contribution < 1.29 is 9.90 Å². The Morgan fingerprint density at radius 2 is 2.05 bits per heavy atom. The van der Waals surface area contributed by atoms with Gasteiger partial charge in [0, 0.05) is 32.4 Å². The number of aromatic nitrogens is 2. The molecule has 1 heterocycles. The second-order valence-electron chi connectivity index (χ2n) is 5.30. The van der Waals surface area contributed by atoms with E-state index in [1.807, 2.05) is 30.3 Å². The van der Waals surface area contributed by atoms with Gasteiger partial charge in [-0.3, -0.25) is 9.48 Å². The van der Waals surface area contributed by atoms with Gasteiger partial charge in [-0.05, 0) is 13.3 Å². The fourth-order valence-corrected chi connectivity index (χ4v) is 2.14. The van der Waals surface area contributed by atoms with Crippen molar-refractivity contribution in [3.05, 3.63) is 42.1 Å². The summed E-state index contributed by atoms with van der Waals surface area (Å²) in [6.45, 7) is 2.23. The maximum atomic E-state index is 12.6. The summed E-state index contributed by atoms with van der Waals surface area (Å²) in [4.78, 5) is 14.2. The van der Waals surface area contributed by atoms with Gasteiger partial charge in [0.05, 0.1) is 11.7 Å². The Kier molecular flexibility index (Phi) is 4.75. The zero-order valence-corrected chi connectivity index (χ0v) is 12.7. The van der Waals surface area contributed by atoms with E-state index in [-0.39, 0.29) is 5.91 Å². The highest BCUT2D eigenvalue weighted by Gasteiger charge is 2.20. The summed E-state index contributed by atoms with van der Waals surface area (Å²) >= 11 is 0. The third kappa shape index (κ3) is 3.70. The normalized spacial score (nSPS) is 12.2. The predicted molar refractivity (Wildman–Crippen MR) is 81.9 cm³/mol. The molecule has 0 radical (unpaired) electrons. The summed E-state index contributed by atoms with van der Waals surface area (Å²) < 4.78 is 1.65. The molecule has 1 atom stereocenters. The van der Waals surface area contributed by atoms with Gasteiger partial charge in [0.15, 0.2) is 0 Å². The van der Waals surface area contributed by atoms with E-state index >= 15 is 0 Å². The van der Waals surface area contributed by atoms with Crippen LogP contribution in [0.1, 0.15) is 23.7 Å². The Balaban J connectivity index is 2.26. The lowest BCUT2D eigenvalue weighted by Gasteiger charge is -2.17. The summed E-state index contributed by atoms with van der Waals surface area (Å²) in [5.41, 5.74) is 2.19. The first kappa shape index (κ1) is 15.3. The highest BCUT2D eigenvalue weighted by Crippen LogP contribution is 2.22. The first-order valence-electron chi connectivity index (χ1n) is 7.01. The lowest BCUT2D eigenvalue weighted by atomic mass is 10.1. The molecule has 0 aliphatic carbocycles. The number of aliphatic hydroxyl groups excluding tert-OH is 1. The smallest absolute Gasteiger partial charge is 0.257 e. The molecule has 0 fully saturated rings. The summed E-state index contributed by atoms with van der Waals surface area (Å²) in [6, 6.07) is 9.66. The van der Waals surface area contributed by atoms with Crippen LogP contribution >= 0.6 is 0 Å². The van der Waals surface area contributed by atoms with E-state index < -0.39 is 6.10 Å². The van der Waals surface area contributed by atoms with Crippen molar-refractivity contribution in [1.82, 2.24) is 14.7 Å². The third-order valence-corrected chi connectivity index (χ3v) is 3.34. The van der Waals surface area contributed by atoms with Gasteiger partial charge in [0.1, 0.15) is 5.69 Å². The fraction of sp³-hybridized carbons (Fsp3) is 0.375. The minimum absolute atomic E-state index is 0.0809. The van der Waals surface area contributed by atoms with Gasteiger partial charge in [-0.25, -0.2) is 0 Å². The molecule has 5 nitrogen and oxygen atoms in total. The van der Waals surface area contributed by atoms with E-state index in [9.17, 15) is 9.90 Å². The van der Waals surface area contributed by atoms with Crippen LogP contribution in [-0.2, 0) is 7.05 Å². The molecular formula is C16H21N3O2. The summed E-state index contributed by atoms with van der Waals surface area (Å²) in [5, 5.41) is 13.7. The molecule has 2 rings (SSSR count). The Labute approximate surface area is 124 Å². The summed E-state index contributed by atoms with van der Waals surface area (Å²) in [7, 11) is 3.55. The topological polar surface area (TPSA) is 58.4 Å². The lowest BCUT2D eigenvalue weighted by Crippen LogP contribution is -2.29. The first-order chi connectivity index (χ1) is 9.99. The molecule has 0 aliphatic heterocycles. The van der Waals surface area contributed by atoms with Crippen LogP contribution in [-0.4, -0.2) is 45.4 Å². The van der Waals surface area contributed by atoms with E-state index in [2.05, 4.69) is 5.10 Å². The number of carbonyl (C=O) groups excluding carboxylic acids is 1. The molecule has 1 unspecified atom stereocenters. The Morgan fingerprint density at radius 3 is 2.67 bits per heavy atom. The monoisotopic (exact) mass is 287 g/mol. The zero-order valence-electron chi connectivity index (χ0n) is 12.7. The van der Waals surface area contributed by atoms with Gasteiger partial charge in [-0.1, -0.05) is 30.3 Å². The van der Waals surface area contributed by atoms with Crippen molar-refractivity contribution in [1.29, 1.82) is 0 Å². The zero-order chi connectivity index (χ0) is 15.4. The van der Waals surface area contributed by atoms with Crippen LogP contribution in [0.3, 0.4) is 0 Å². The van der Waals surface area contributed by atoms with Crippen LogP contribution in [0.2, 0.25) is 0 Å². The predicted octanol–water partition coefficient (Wildman–Crippen LogP) is 1.93. The van der Waals surface area contributed by atoms with Crippen molar-refractivity contribution in [2.24, 2.45) is 7.05 Å². The molecule has 1 amide bonds. The van der Waals surface area contributed by atoms with Crippen LogP contribution < -0.4 is 0 Å². The molecule has 21 heavy (non-hydrogen) atoms.